The summed E-state index contributed by atoms with van der Waals surface area (Å²) in [5.41, 5.74) is 2.63. The Balaban J connectivity index is 1.65. The van der Waals surface area contributed by atoms with E-state index in [9.17, 15) is 18.0 Å². The highest BCUT2D eigenvalue weighted by atomic mass is 35.5. The van der Waals surface area contributed by atoms with E-state index in [1.54, 1.807) is 24.3 Å². The number of rotatable bonds is 11. The van der Waals surface area contributed by atoms with E-state index in [0.29, 0.717) is 11.4 Å². The fraction of sp³-hybridized carbons (Fsp3) is 0.355. The Bertz CT molecular complexity index is 1390. The highest BCUT2D eigenvalue weighted by molar-refractivity contribution is 7.89. The Hall–Kier alpha value is -3.20. The molecule has 1 atom stereocenters. The maximum Gasteiger partial charge on any atom is 0.243 e. The lowest BCUT2D eigenvalue weighted by atomic mass is 10.0. The largest absolute Gasteiger partial charge is 0.352 e. The van der Waals surface area contributed by atoms with Gasteiger partial charge in [0.15, 0.2) is 0 Å². The first-order chi connectivity index (χ1) is 19.1. The van der Waals surface area contributed by atoms with Gasteiger partial charge in [0.1, 0.15) is 6.04 Å². The van der Waals surface area contributed by atoms with Crippen LogP contribution in [0.1, 0.15) is 42.4 Å². The van der Waals surface area contributed by atoms with Crippen LogP contribution in [0.5, 0.6) is 0 Å². The van der Waals surface area contributed by atoms with Crippen LogP contribution in [0.15, 0.2) is 83.8 Å². The molecule has 3 aromatic carbocycles. The minimum absolute atomic E-state index is 0.0721. The van der Waals surface area contributed by atoms with Crippen molar-refractivity contribution in [2.45, 2.75) is 62.6 Å². The van der Waals surface area contributed by atoms with Crippen molar-refractivity contribution in [3.8, 4) is 0 Å². The Labute approximate surface area is 242 Å². The van der Waals surface area contributed by atoms with Crippen molar-refractivity contribution < 1.29 is 18.0 Å². The second kappa shape index (κ2) is 13.4. The molecule has 0 saturated heterocycles. The number of nitrogens with one attached hydrogen (secondary N) is 1. The summed E-state index contributed by atoms with van der Waals surface area (Å²) in [5, 5.41) is 3.72. The molecule has 9 heteroatoms. The molecular weight excluding hydrogens is 546 g/mol. The summed E-state index contributed by atoms with van der Waals surface area (Å²) in [4.78, 5) is 29.3. The first-order valence-electron chi connectivity index (χ1n) is 13.5. The maximum atomic E-state index is 13.9. The number of carbonyl (C=O) groups is 2. The van der Waals surface area contributed by atoms with Crippen LogP contribution in [0.25, 0.3) is 0 Å². The third kappa shape index (κ3) is 7.71. The van der Waals surface area contributed by atoms with Crippen molar-refractivity contribution in [3.05, 3.63) is 101 Å². The molecule has 0 heterocycles. The quantitative estimate of drug-likeness (QED) is 0.346. The number of hydrogen-bond donors (Lipinski definition) is 1. The van der Waals surface area contributed by atoms with E-state index in [1.165, 1.54) is 24.1 Å². The highest BCUT2D eigenvalue weighted by Crippen LogP contribution is 2.22. The number of amides is 2. The Kier molecular flexibility index (Phi) is 10.0. The summed E-state index contributed by atoms with van der Waals surface area (Å²) in [7, 11) is -2.53. The van der Waals surface area contributed by atoms with Crippen LogP contribution in [0.4, 0.5) is 0 Å². The number of benzene rings is 3. The zero-order valence-electron chi connectivity index (χ0n) is 22.9. The van der Waals surface area contributed by atoms with Gasteiger partial charge >= 0.3 is 0 Å². The summed E-state index contributed by atoms with van der Waals surface area (Å²) in [5.74, 6) is -0.697. The summed E-state index contributed by atoms with van der Waals surface area (Å²) in [6.45, 7) is 1.59. The van der Waals surface area contributed by atoms with Crippen molar-refractivity contribution >= 4 is 33.4 Å². The highest BCUT2D eigenvalue weighted by Gasteiger charge is 2.34. The van der Waals surface area contributed by atoms with Gasteiger partial charge in [-0.2, -0.15) is 4.31 Å². The SMILES string of the molecule is Cc1ccc(S(=O)(=O)N(C)CC(=O)N(Cc2ccc(Cl)cc2)C(Cc2ccccc2)C(=O)NC2CCCC2)cc1. The van der Waals surface area contributed by atoms with Crippen LogP contribution in [0.2, 0.25) is 5.02 Å². The van der Waals surface area contributed by atoms with Crippen molar-refractivity contribution in [3.63, 3.8) is 0 Å². The molecule has 40 heavy (non-hydrogen) atoms. The second-order valence-corrected chi connectivity index (χ2v) is 12.9. The van der Waals surface area contributed by atoms with Gasteiger partial charge in [-0.3, -0.25) is 9.59 Å². The standard InChI is InChI=1S/C31H36ClN3O4S/c1-23-12-18-28(19-13-23)40(38,39)34(2)22-30(36)35(21-25-14-16-26(32)17-15-25)29(20-24-8-4-3-5-9-24)31(37)33-27-10-6-7-11-27/h3-5,8-9,12-19,27,29H,6-7,10-11,20-22H2,1-2H3,(H,33,37). The number of hydrogen-bond acceptors (Lipinski definition) is 4. The topological polar surface area (TPSA) is 86.8 Å². The maximum absolute atomic E-state index is 13.9. The molecule has 2 amide bonds. The molecule has 0 spiro atoms. The molecule has 1 unspecified atom stereocenters. The van der Waals surface area contributed by atoms with Crippen LogP contribution in [0.3, 0.4) is 0 Å². The normalized spacial score (nSPS) is 14.7. The molecule has 1 aliphatic rings. The number of halogens is 1. The van der Waals surface area contributed by atoms with Crippen molar-refractivity contribution in [2.24, 2.45) is 0 Å². The molecule has 7 nitrogen and oxygen atoms in total. The van der Waals surface area contributed by atoms with Gasteiger partial charge in [0, 0.05) is 31.1 Å². The molecular formula is C31H36ClN3O4S. The van der Waals surface area contributed by atoms with E-state index < -0.39 is 28.5 Å². The van der Waals surface area contributed by atoms with Crippen molar-refractivity contribution in [2.75, 3.05) is 13.6 Å². The molecule has 1 saturated carbocycles. The fourth-order valence-corrected chi connectivity index (χ4v) is 6.21. The van der Waals surface area contributed by atoms with E-state index in [0.717, 1.165) is 46.7 Å². The molecule has 3 aromatic rings. The zero-order chi connectivity index (χ0) is 28.7. The molecule has 1 N–H and O–H groups in total. The molecule has 0 radical (unpaired) electrons. The van der Waals surface area contributed by atoms with Crippen LogP contribution in [0, 0.1) is 6.92 Å². The Morgan fingerprint density at radius 2 is 1.55 bits per heavy atom. The lowest BCUT2D eigenvalue weighted by Gasteiger charge is -2.33. The molecule has 1 fully saturated rings. The van der Waals surface area contributed by atoms with Crippen LogP contribution < -0.4 is 5.32 Å². The molecule has 1 aliphatic carbocycles. The first-order valence-corrected chi connectivity index (χ1v) is 15.4. The van der Waals surface area contributed by atoms with Gasteiger partial charge in [0.2, 0.25) is 21.8 Å². The van der Waals surface area contributed by atoms with E-state index in [2.05, 4.69) is 5.32 Å². The third-order valence-electron chi connectivity index (χ3n) is 7.33. The van der Waals surface area contributed by atoms with Gasteiger partial charge in [-0.15, -0.1) is 0 Å². The van der Waals surface area contributed by atoms with Crippen LogP contribution in [-0.4, -0.2) is 55.1 Å². The monoisotopic (exact) mass is 581 g/mol. The smallest absolute Gasteiger partial charge is 0.243 e. The molecule has 212 valence electrons. The second-order valence-electron chi connectivity index (χ2n) is 10.4. The van der Waals surface area contributed by atoms with Gasteiger partial charge in [-0.05, 0) is 55.2 Å². The molecule has 4 rings (SSSR count). The number of sulfonamides is 1. The van der Waals surface area contributed by atoms with E-state index in [4.69, 9.17) is 11.6 Å². The summed E-state index contributed by atoms with van der Waals surface area (Å²) >= 11 is 6.10. The summed E-state index contributed by atoms with van der Waals surface area (Å²) in [6, 6.07) is 22.4. The summed E-state index contributed by atoms with van der Waals surface area (Å²) < 4.78 is 27.6. The number of aryl methyl sites for hydroxylation is 1. The average molecular weight is 582 g/mol. The van der Waals surface area contributed by atoms with E-state index >= 15 is 0 Å². The molecule has 0 bridgehead atoms. The lowest BCUT2D eigenvalue weighted by Crippen LogP contribution is -2.54. The minimum atomic E-state index is -3.92. The van der Waals surface area contributed by atoms with Crippen molar-refractivity contribution in [1.82, 2.24) is 14.5 Å². The van der Waals surface area contributed by atoms with E-state index in [1.807, 2.05) is 49.4 Å². The zero-order valence-corrected chi connectivity index (χ0v) is 24.5. The first kappa shape index (κ1) is 29.8. The lowest BCUT2D eigenvalue weighted by molar-refractivity contribution is -0.141. The number of carbonyl (C=O) groups excluding carboxylic acids is 2. The van der Waals surface area contributed by atoms with E-state index in [-0.39, 0.29) is 23.4 Å². The predicted molar refractivity (Wildman–Crippen MR) is 157 cm³/mol. The number of nitrogens with zero attached hydrogens (tertiary/aromatic N) is 2. The van der Waals surface area contributed by atoms with Gasteiger partial charge < -0.3 is 10.2 Å². The van der Waals surface area contributed by atoms with Crippen LogP contribution >= 0.6 is 11.6 Å². The number of likely N-dealkylation sites (N-methyl/N-ethyl adjacent to an activating group) is 1. The average Bonchev–Trinajstić information content (AvgIpc) is 3.45. The third-order valence-corrected chi connectivity index (χ3v) is 9.40. The van der Waals surface area contributed by atoms with Gasteiger partial charge in [0.25, 0.3) is 0 Å². The van der Waals surface area contributed by atoms with Gasteiger partial charge in [-0.25, -0.2) is 8.42 Å². The Morgan fingerprint density at radius 3 is 2.17 bits per heavy atom. The van der Waals surface area contributed by atoms with Gasteiger partial charge in [0.05, 0.1) is 11.4 Å². The predicted octanol–water partition coefficient (Wildman–Crippen LogP) is 4.97. The molecule has 0 aliphatic heterocycles. The fourth-order valence-electron chi connectivity index (χ4n) is 4.96. The summed E-state index contributed by atoms with van der Waals surface area (Å²) in [6.07, 6.45) is 4.23. The van der Waals surface area contributed by atoms with Crippen molar-refractivity contribution in [1.29, 1.82) is 0 Å². The Morgan fingerprint density at radius 1 is 0.925 bits per heavy atom. The molecule has 0 aromatic heterocycles. The van der Waals surface area contributed by atoms with Crippen LogP contribution in [-0.2, 0) is 32.6 Å². The van der Waals surface area contributed by atoms with Gasteiger partial charge in [-0.1, -0.05) is 84.6 Å². The minimum Gasteiger partial charge on any atom is -0.352 e.